The summed E-state index contributed by atoms with van der Waals surface area (Å²) in [5, 5.41) is 18.7. The highest BCUT2D eigenvalue weighted by Crippen LogP contribution is 2.21. The van der Waals surface area contributed by atoms with Gasteiger partial charge in [0.15, 0.2) is 0 Å². The van der Waals surface area contributed by atoms with Crippen LogP contribution in [0.15, 0.2) is 36.5 Å². The maximum Gasteiger partial charge on any atom is 0.257 e. The van der Waals surface area contributed by atoms with Gasteiger partial charge in [-0.3, -0.25) is 4.79 Å². The van der Waals surface area contributed by atoms with E-state index in [0.29, 0.717) is 37.3 Å². The van der Waals surface area contributed by atoms with E-state index in [1.807, 2.05) is 19.1 Å². The van der Waals surface area contributed by atoms with Crippen LogP contribution in [0.1, 0.15) is 21.5 Å². The summed E-state index contributed by atoms with van der Waals surface area (Å²) >= 11 is 0. The number of hydrogen-bond acceptors (Lipinski definition) is 5. The number of benzene rings is 1. The van der Waals surface area contributed by atoms with E-state index in [1.165, 1.54) is 0 Å². The number of anilines is 1. The second-order valence-electron chi connectivity index (χ2n) is 5.82. The molecule has 1 aromatic heterocycles. The van der Waals surface area contributed by atoms with E-state index in [0.717, 1.165) is 11.4 Å². The van der Waals surface area contributed by atoms with Crippen molar-refractivity contribution in [3.63, 3.8) is 0 Å². The molecule has 1 fully saturated rings. The summed E-state index contributed by atoms with van der Waals surface area (Å²) in [5.74, 6) is 0.671. The predicted octanol–water partition coefficient (Wildman–Crippen LogP) is 1.93. The van der Waals surface area contributed by atoms with Gasteiger partial charge in [0.05, 0.1) is 11.1 Å². The van der Waals surface area contributed by atoms with Crippen LogP contribution < -0.4 is 4.90 Å². The van der Waals surface area contributed by atoms with Crippen LogP contribution >= 0.6 is 0 Å². The minimum atomic E-state index is -0.149. The number of phenols is 1. The minimum Gasteiger partial charge on any atom is -0.507 e. The lowest BCUT2D eigenvalue weighted by molar-refractivity contribution is 0.0743. The molecule has 0 bridgehead atoms. The third-order valence-corrected chi connectivity index (χ3v) is 4.15. The molecule has 0 aliphatic carbocycles. The highest BCUT2D eigenvalue weighted by atomic mass is 16.3. The Morgan fingerprint density at radius 2 is 1.96 bits per heavy atom. The summed E-state index contributed by atoms with van der Waals surface area (Å²) in [6.45, 7) is 4.35. The molecule has 1 saturated heterocycles. The summed E-state index contributed by atoms with van der Waals surface area (Å²) in [6, 6.07) is 10.7. The molecule has 0 unspecified atom stereocenters. The van der Waals surface area contributed by atoms with Crippen LogP contribution in [-0.2, 0) is 0 Å². The van der Waals surface area contributed by atoms with Crippen molar-refractivity contribution in [3.05, 3.63) is 53.2 Å². The molecule has 6 nitrogen and oxygen atoms in total. The molecule has 2 heterocycles. The van der Waals surface area contributed by atoms with E-state index in [1.54, 1.807) is 35.4 Å². The van der Waals surface area contributed by atoms with Gasteiger partial charge in [-0.05, 0) is 31.2 Å². The summed E-state index contributed by atoms with van der Waals surface area (Å²) < 4.78 is 0. The first-order valence-electron chi connectivity index (χ1n) is 7.78. The number of aromatic hydroxyl groups is 1. The lowest BCUT2D eigenvalue weighted by Gasteiger charge is -2.35. The van der Waals surface area contributed by atoms with Gasteiger partial charge in [-0.15, -0.1) is 0 Å². The Morgan fingerprint density at radius 1 is 1.21 bits per heavy atom. The molecule has 0 radical (unpaired) electrons. The number of piperazine rings is 1. The summed E-state index contributed by atoms with van der Waals surface area (Å²) in [5.41, 5.74) is 1.82. The Balaban J connectivity index is 1.67. The number of amides is 1. The van der Waals surface area contributed by atoms with Crippen molar-refractivity contribution < 1.29 is 9.90 Å². The second-order valence-corrected chi connectivity index (χ2v) is 5.82. The molecule has 24 heavy (non-hydrogen) atoms. The predicted molar refractivity (Wildman–Crippen MR) is 89.9 cm³/mol. The molecule has 0 spiro atoms. The fourth-order valence-electron chi connectivity index (χ4n) is 2.77. The maximum absolute atomic E-state index is 12.6. The van der Waals surface area contributed by atoms with Crippen LogP contribution in [0.4, 0.5) is 5.82 Å². The van der Waals surface area contributed by atoms with Crippen molar-refractivity contribution in [2.75, 3.05) is 31.1 Å². The van der Waals surface area contributed by atoms with Crippen molar-refractivity contribution in [1.82, 2.24) is 9.88 Å². The molecule has 2 aromatic rings. The average Bonchev–Trinajstić information content (AvgIpc) is 2.63. The molecule has 0 atom stereocenters. The molecule has 1 aromatic carbocycles. The first-order chi connectivity index (χ1) is 11.6. The van der Waals surface area contributed by atoms with Gasteiger partial charge in [-0.1, -0.05) is 11.6 Å². The SMILES string of the molecule is Cc1ccc(O)c(C(=O)N2CCN(c3ccc(C#N)cn3)CC2)c1. The first-order valence-corrected chi connectivity index (χ1v) is 7.78. The summed E-state index contributed by atoms with van der Waals surface area (Å²) in [7, 11) is 0. The van der Waals surface area contributed by atoms with E-state index in [4.69, 9.17) is 5.26 Å². The van der Waals surface area contributed by atoms with E-state index >= 15 is 0 Å². The molecular weight excluding hydrogens is 304 g/mol. The van der Waals surface area contributed by atoms with Crippen LogP contribution in [0.3, 0.4) is 0 Å². The quantitative estimate of drug-likeness (QED) is 0.914. The monoisotopic (exact) mass is 322 g/mol. The zero-order valence-electron chi connectivity index (χ0n) is 13.4. The Bertz CT molecular complexity index is 788. The van der Waals surface area contributed by atoms with Crippen LogP contribution in [0.5, 0.6) is 5.75 Å². The molecular formula is C18H18N4O2. The lowest BCUT2D eigenvalue weighted by atomic mass is 10.1. The molecule has 1 amide bonds. The number of carbonyl (C=O) groups excluding carboxylic acids is 1. The highest BCUT2D eigenvalue weighted by molar-refractivity contribution is 5.97. The number of nitriles is 1. The van der Waals surface area contributed by atoms with E-state index in [9.17, 15) is 9.90 Å². The summed E-state index contributed by atoms with van der Waals surface area (Å²) in [4.78, 5) is 20.7. The summed E-state index contributed by atoms with van der Waals surface area (Å²) in [6.07, 6.45) is 1.55. The minimum absolute atomic E-state index is 0.0155. The van der Waals surface area contributed by atoms with Gasteiger partial charge in [0, 0.05) is 32.4 Å². The van der Waals surface area contributed by atoms with Crippen molar-refractivity contribution in [3.8, 4) is 11.8 Å². The standard InChI is InChI=1S/C18H18N4O2/c1-13-2-4-16(23)15(10-13)18(24)22-8-6-21(7-9-22)17-5-3-14(11-19)12-20-17/h2-5,10,12,23H,6-9H2,1H3. The number of hydrogen-bond donors (Lipinski definition) is 1. The molecule has 122 valence electrons. The molecule has 3 rings (SSSR count). The Morgan fingerprint density at radius 3 is 2.58 bits per heavy atom. The zero-order valence-corrected chi connectivity index (χ0v) is 13.4. The molecule has 1 aliphatic rings. The van der Waals surface area contributed by atoms with Crippen LogP contribution in [0, 0.1) is 18.3 Å². The smallest absolute Gasteiger partial charge is 0.257 e. The number of nitrogens with zero attached hydrogens (tertiary/aromatic N) is 4. The molecule has 1 N–H and O–H groups in total. The van der Waals surface area contributed by atoms with Gasteiger partial charge in [-0.2, -0.15) is 5.26 Å². The number of carbonyl (C=O) groups is 1. The van der Waals surface area contributed by atoms with Gasteiger partial charge in [0.25, 0.3) is 5.91 Å². The maximum atomic E-state index is 12.6. The van der Waals surface area contributed by atoms with Gasteiger partial charge in [-0.25, -0.2) is 4.98 Å². The fraction of sp³-hybridized carbons (Fsp3) is 0.278. The molecule has 6 heteroatoms. The van der Waals surface area contributed by atoms with Crippen LogP contribution in [-0.4, -0.2) is 47.1 Å². The van der Waals surface area contributed by atoms with Crippen LogP contribution in [0.25, 0.3) is 0 Å². The normalized spacial score (nSPS) is 14.3. The Labute approximate surface area is 140 Å². The topological polar surface area (TPSA) is 80.5 Å². The molecule has 1 aliphatic heterocycles. The van der Waals surface area contributed by atoms with Gasteiger partial charge in [0.2, 0.25) is 0 Å². The van der Waals surface area contributed by atoms with Crippen LogP contribution in [0.2, 0.25) is 0 Å². The van der Waals surface area contributed by atoms with Gasteiger partial charge < -0.3 is 14.9 Å². The highest BCUT2D eigenvalue weighted by Gasteiger charge is 2.24. The van der Waals surface area contributed by atoms with Crippen molar-refractivity contribution in [1.29, 1.82) is 5.26 Å². The number of aromatic nitrogens is 1. The second kappa shape index (κ2) is 6.59. The third-order valence-electron chi connectivity index (χ3n) is 4.15. The Hall–Kier alpha value is -3.07. The van der Waals surface area contributed by atoms with Gasteiger partial charge in [0.1, 0.15) is 17.6 Å². The van der Waals surface area contributed by atoms with Gasteiger partial charge >= 0.3 is 0 Å². The third kappa shape index (κ3) is 3.15. The lowest BCUT2D eigenvalue weighted by Crippen LogP contribution is -2.49. The number of pyridine rings is 1. The number of rotatable bonds is 2. The van der Waals surface area contributed by atoms with E-state index < -0.39 is 0 Å². The first kappa shape index (κ1) is 15.8. The van der Waals surface area contributed by atoms with E-state index in [-0.39, 0.29) is 11.7 Å². The fourth-order valence-corrected chi connectivity index (χ4v) is 2.77. The van der Waals surface area contributed by atoms with E-state index in [2.05, 4.69) is 9.88 Å². The van der Waals surface area contributed by atoms with Crippen molar-refractivity contribution >= 4 is 11.7 Å². The largest absolute Gasteiger partial charge is 0.507 e. The van der Waals surface area contributed by atoms with Crippen molar-refractivity contribution in [2.45, 2.75) is 6.92 Å². The zero-order chi connectivity index (χ0) is 17.1. The average molecular weight is 322 g/mol. The Kier molecular flexibility index (Phi) is 4.34. The molecule has 0 saturated carbocycles. The number of aryl methyl sites for hydroxylation is 1. The number of phenolic OH excluding ortho intramolecular Hbond substituents is 1. The van der Waals surface area contributed by atoms with Crippen molar-refractivity contribution in [2.24, 2.45) is 0 Å².